The first-order chi connectivity index (χ1) is 7.86. The largest absolute Gasteiger partial charge is 0.449 e. The van der Waals surface area contributed by atoms with Crippen LogP contribution < -0.4 is 4.72 Å². The van der Waals surface area contributed by atoms with Crippen molar-refractivity contribution in [1.82, 2.24) is 9.03 Å². The van der Waals surface area contributed by atoms with Gasteiger partial charge in [-0.2, -0.15) is 12.7 Å². The lowest BCUT2D eigenvalue weighted by Crippen LogP contribution is -2.51. The highest BCUT2D eigenvalue weighted by Gasteiger charge is 2.32. The highest BCUT2D eigenvalue weighted by atomic mass is 32.2. The third-order valence-corrected chi connectivity index (χ3v) is 4.15. The van der Waals surface area contributed by atoms with Crippen molar-refractivity contribution in [2.45, 2.75) is 26.4 Å². The molecule has 1 amide bonds. The van der Waals surface area contributed by atoms with Crippen LogP contribution in [0.3, 0.4) is 0 Å². The first-order valence-corrected chi connectivity index (χ1v) is 6.93. The highest BCUT2D eigenvalue weighted by Crippen LogP contribution is 2.18. The van der Waals surface area contributed by atoms with E-state index in [0.717, 1.165) is 4.31 Å². The molecule has 100 valence electrons. The van der Waals surface area contributed by atoms with Crippen molar-refractivity contribution in [2.75, 3.05) is 19.7 Å². The van der Waals surface area contributed by atoms with Crippen LogP contribution in [-0.2, 0) is 14.9 Å². The summed E-state index contributed by atoms with van der Waals surface area (Å²) in [6.45, 7) is 3.82. The molecule has 2 N–H and O–H groups in total. The molecule has 1 heterocycles. The number of aliphatic hydroxyl groups is 1. The quantitative estimate of drug-likeness (QED) is 0.730. The molecule has 7 nitrogen and oxygen atoms in total. The maximum Gasteiger partial charge on any atom is 0.421 e. The van der Waals surface area contributed by atoms with Gasteiger partial charge in [-0.05, 0) is 19.3 Å². The number of carbonyl (C=O) groups is 1. The normalized spacial score (nSPS) is 26.5. The van der Waals surface area contributed by atoms with Crippen LogP contribution in [0.5, 0.6) is 0 Å². The molecule has 0 aromatic rings. The summed E-state index contributed by atoms with van der Waals surface area (Å²) in [4.78, 5) is 11.0. The number of aliphatic hydroxyl groups excluding tert-OH is 1. The minimum absolute atomic E-state index is 0.00406. The molecule has 8 heteroatoms. The van der Waals surface area contributed by atoms with Crippen LogP contribution in [0.2, 0.25) is 0 Å². The second kappa shape index (κ2) is 5.65. The lowest BCUT2D eigenvalue weighted by atomic mass is 9.98. The number of nitrogens with zero attached hydrogens (tertiary/aromatic N) is 1. The van der Waals surface area contributed by atoms with Crippen molar-refractivity contribution < 1.29 is 23.1 Å². The first kappa shape index (κ1) is 14.2. The molecule has 0 radical (unpaired) electrons. The summed E-state index contributed by atoms with van der Waals surface area (Å²) in [5.74, 6) is 0.0593. The minimum Gasteiger partial charge on any atom is -0.449 e. The number of hydrogen-bond acceptors (Lipinski definition) is 5. The fourth-order valence-electron chi connectivity index (χ4n) is 1.57. The van der Waals surface area contributed by atoms with E-state index < -0.39 is 22.4 Å². The van der Waals surface area contributed by atoms with Gasteiger partial charge in [-0.1, -0.05) is 6.92 Å². The number of nitrogens with one attached hydrogen (secondary N) is 1. The van der Waals surface area contributed by atoms with E-state index in [2.05, 4.69) is 4.74 Å². The third-order valence-electron chi connectivity index (χ3n) is 2.71. The van der Waals surface area contributed by atoms with Gasteiger partial charge >= 0.3 is 16.3 Å². The van der Waals surface area contributed by atoms with Crippen LogP contribution in [-0.4, -0.2) is 49.7 Å². The number of piperidine rings is 1. The van der Waals surface area contributed by atoms with E-state index in [0.29, 0.717) is 6.42 Å². The van der Waals surface area contributed by atoms with Gasteiger partial charge < -0.3 is 9.84 Å². The fraction of sp³-hybridized carbons (Fsp3) is 0.889. The number of rotatable bonds is 3. The van der Waals surface area contributed by atoms with Crippen molar-refractivity contribution in [3.8, 4) is 0 Å². The van der Waals surface area contributed by atoms with Gasteiger partial charge in [0, 0.05) is 13.1 Å². The molecule has 2 unspecified atom stereocenters. The Labute approximate surface area is 101 Å². The van der Waals surface area contributed by atoms with E-state index in [1.807, 2.05) is 6.92 Å². The van der Waals surface area contributed by atoms with Crippen LogP contribution in [0.25, 0.3) is 0 Å². The predicted octanol–water partition coefficient (Wildman–Crippen LogP) is -0.320. The topological polar surface area (TPSA) is 95.9 Å². The Kier molecular flexibility index (Phi) is 4.72. The second-order valence-electron chi connectivity index (χ2n) is 4.02. The Balaban J connectivity index is 2.62. The van der Waals surface area contributed by atoms with Crippen molar-refractivity contribution in [3.63, 3.8) is 0 Å². The number of hydrogen-bond donors (Lipinski definition) is 2. The van der Waals surface area contributed by atoms with Crippen molar-refractivity contribution in [3.05, 3.63) is 0 Å². The number of ether oxygens (including phenoxy) is 1. The van der Waals surface area contributed by atoms with E-state index in [1.54, 1.807) is 11.6 Å². The summed E-state index contributed by atoms with van der Waals surface area (Å²) in [5.41, 5.74) is 0. The molecule has 0 aromatic heterocycles. The first-order valence-electron chi connectivity index (χ1n) is 5.49. The summed E-state index contributed by atoms with van der Waals surface area (Å²) >= 11 is 0. The molecular weight excluding hydrogens is 248 g/mol. The second-order valence-corrected chi connectivity index (χ2v) is 5.69. The maximum absolute atomic E-state index is 11.7. The van der Waals surface area contributed by atoms with Crippen LogP contribution in [0.1, 0.15) is 20.3 Å². The van der Waals surface area contributed by atoms with Crippen molar-refractivity contribution in [2.24, 2.45) is 5.92 Å². The van der Waals surface area contributed by atoms with E-state index in [9.17, 15) is 18.3 Å². The lowest BCUT2D eigenvalue weighted by molar-refractivity contribution is 0.0599. The molecule has 2 atom stereocenters. The molecule has 1 rings (SSSR count). The van der Waals surface area contributed by atoms with Gasteiger partial charge in [-0.15, -0.1) is 0 Å². The van der Waals surface area contributed by atoms with Gasteiger partial charge in [-0.25, -0.2) is 9.52 Å². The predicted molar refractivity (Wildman–Crippen MR) is 60.4 cm³/mol. The molecule has 1 aliphatic rings. The van der Waals surface area contributed by atoms with Gasteiger partial charge in [0.1, 0.15) is 0 Å². The molecule has 1 aliphatic heterocycles. The van der Waals surface area contributed by atoms with E-state index >= 15 is 0 Å². The highest BCUT2D eigenvalue weighted by molar-refractivity contribution is 7.87. The summed E-state index contributed by atoms with van der Waals surface area (Å²) < 4.78 is 30.8. The Morgan fingerprint density at radius 3 is 2.76 bits per heavy atom. The van der Waals surface area contributed by atoms with Gasteiger partial charge in [0.2, 0.25) is 0 Å². The zero-order valence-electron chi connectivity index (χ0n) is 9.92. The summed E-state index contributed by atoms with van der Waals surface area (Å²) in [7, 11) is -3.91. The molecule has 1 fully saturated rings. The van der Waals surface area contributed by atoms with Crippen molar-refractivity contribution in [1.29, 1.82) is 0 Å². The number of amides is 1. The van der Waals surface area contributed by atoms with Crippen molar-refractivity contribution >= 4 is 16.3 Å². The average Bonchev–Trinajstić information content (AvgIpc) is 2.21. The Bertz CT molecular complexity index is 370. The van der Waals surface area contributed by atoms with Crippen LogP contribution in [0.4, 0.5) is 4.79 Å². The Morgan fingerprint density at radius 1 is 1.59 bits per heavy atom. The van der Waals surface area contributed by atoms with Crippen LogP contribution >= 0.6 is 0 Å². The smallest absolute Gasteiger partial charge is 0.421 e. The zero-order chi connectivity index (χ0) is 13.1. The van der Waals surface area contributed by atoms with Crippen LogP contribution in [0, 0.1) is 5.92 Å². The van der Waals surface area contributed by atoms with Crippen LogP contribution in [0.15, 0.2) is 0 Å². The zero-order valence-corrected chi connectivity index (χ0v) is 10.7. The standard InChI is InChI=1S/C9H18N2O5S/c1-3-16-9(13)10-17(14,15)11-5-4-7(2)8(12)6-11/h7-8,12H,3-6H2,1-2H3,(H,10,13). The molecule has 0 aromatic carbocycles. The number of carbonyl (C=O) groups excluding carboxylic acids is 1. The number of β-amino-alcohol motifs (C(OH)–C–C–N with tert-alkyl or cyclic N) is 1. The Morgan fingerprint density at radius 2 is 2.24 bits per heavy atom. The van der Waals surface area contributed by atoms with E-state index in [-0.39, 0.29) is 25.6 Å². The maximum atomic E-state index is 11.7. The van der Waals surface area contributed by atoms with Gasteiger partial charge in [0.25, 0.3) is 0 Å². The monoisotopic (exact) mass is 266 g/mol. The average molecular weight is 266 g/mol. The molecular formula is C9H18N2O5S. The third kappa shape index (κ3) is 3.83. The summed E-state index contributed by atoms with van der Waals surface area (Å²) in [5, 5.41) is 9.60. The summed E-state index contributed by atoms with van der Waals surface area (Å²) in [6.07, 6.45) is -1.15. The molecule has 17 heavy (non-hydrogen) atoms. The van der Waals surface area contributed by atoms with Gasteiger partial charge in [-0.3, -0.25) is 0 Å². The fourth-order valence-corrected chi connectivity index (χ4v) is 2.66. The Hall–Kier alpha value is -0.860. The molecule has 1 saturated heterocycles. The molecule has 0 spiro atoms. The SMILES string of the molecule is CCOC(=O)NS(=O)(=O)N1CCC(C)C(O)C1. The molecule has 0 bridgehead atoms. The lowest BCUT2D eigenvalue weighted by Gasteiger charge is -2.32. The molecule has 0 aliphatic carbocycles. The molecule has 0 saturated carbocycles. The van der Waals surface area contributed by atoms with Gasteiger partial charge in [0.15, 0.2) is 0 Å². The van der Waals surface area contributed by atoms with Gasteiger partial charge in [0.05, 0.1) is 12.7 Å². The van der Waals surface area contributed by atoms with E-state index in [1.165, 1.54) is 0 Å². The summed E-state index contributed by atoms with van der Waals surface area (Å²) in [6, 6.07) is 0. The minimum atomic E-state index is -3.91. The van der Waals surface area contributed by atoms with E-state index in [4.69, 9.17) is 0 Å².